The Balaban J connectivity index is 2.17. The number of thiophene rings is 1. The third kappa shape index (κ3) is 2.37. The van der Waals surface area contributed by atoms with Crippen LogP contribution in [0.5, 0.6) is 0 Å². The number of carbonyl (C=O) groups is 1. The van der Waals surface area contributed by atoms with Crippen LogP contribution < -0.4 is 0 Å². The summed E-state index contributed by atoms with van der Waals surface area (Å²) in [5.74, 6) is 2.76. The molecule has 2 heterocycles. The summed E-state index contributed by atoms with van der Waals surface area (Å²) in [5.41, 5.74) is 1.20. The number of esters is 1. The molecule has 1 aromatic heterocycles. The van der Waals surface area contributed by atoms with Gasteiger partial charge in [-0.25, -0.2) is 4.79 Å². The summed E-state index contributed by atoms with van der Waals surface area (Å²) in [6, 6.07) is 2.08. The molecule has 1 unspecified atom stereocenters. The van der Waals surface area contributed by atoms with Crippen LogP contribution in [0.25, 0.3) is 0 Å². The Labute approximate surface area is 98.0 Å². The first-order valence-corrected chi connectivity index (χ1v) is 7.18. The van der Waals surface area contributed by atoms with E-state index in [1.165, 1.54) is 29.1 Å². The predicted molar refractivity (Wildman–Crippen MR) is 65.0 cm³/mol. The maximum atomic E-state index is 11.7. The van der Waals surface area contributed by atoms with Crippen molar-refractivity contribution in [2.24, 2.45) is 0 Å². The van der Waals surface area contributed by atoms with E-state index < -0.39 is 0 Å². The highest BCUT2D eigenvalue weighted by atomic mass is 32.2. The maximum absolute atomic E-state index is 11.7. The average molecular weight is 242 g/mol. The molecule has 0 N–H and O–H groups in total. The van der Waals surface area contributed by atoms with Crippen molar-refractivity contribution >= 4 is 29.1 Å². The third-order valence-electron chi connectivity index (χ3n) is 2.53. The van der Waals surface area contributed by atoms with Crippen LogP contribution >= 0.6 is 23.1 Å². The van der Waals surface area contributed by atoms with Crippen molar-refractivity contribution in [3.63, 3.8) is 0 Å². The first-order valence-electron chi connectivity index (χ1n) is 5.15. The first kappa shape index (κ1) is 11.0. The molecule has 2 rings (SSSR count). The number of hydrogen-bond donors (Lipinski definition) is 0. The molecule has 0 aromatic carbocycles. The second-order valence-corrected chi connectivity index (χ2v) is 5.55. The lowest BCUT2D eigenvalue weighted by Gasteiger charge is -2.08. The number of rotatable bonds is 3. The van der Waals surface area contributed by atoms with Crippen LogP contribution in [0.1, 0.15) is 34.5 Å². The molecule has 0 spiro atoms. The van der Waals surface area contributed by atoms with E-state index in [9.17, 15) is 4.79 Å². The summed E-state index contributed by atoms with van der Waals surface area (Å²) in [6.07, 6.45) is 1.19. The van der Waals surface area contributed by atoms with Crippen molar-refractivity contribution in [2.75, 3.05) is 18.1 Å². The van der Waals surface area contributed by atoms with Gasteiger partial charge < -0.3 is 4.74 Å². The first-order chi connectivity index (χ1) is 7.33. The molecule has 15 heavy (non-hydrogen) atoms. The molecule has 82 valence electrons. The third-order valence-corrected chi connectivity index (χ3v) is 4.60. The van der Waals surface area contributed by atoms with Gasteiger partial charge >= 0.3 is 5.97 Å². The molecule has 1 fully saturated rings. The predicted octanol–water partition coefficient (Wildman–Crippen LogP) is 3.15. The zero-order chi connectivity index (χ0) is 10.7. The minimum atomic E-state index is -0.153. The highest BCUT2D eigenvalue weighted by molar-refractivity contribution is 7.99. The normalized spacial score (nSPS) is 20.5. The van der Waals surface area contributed by atoms with Crippen molar-refractivity contribution in [2.45, 2.75) is 19.3 Å². The van der Waals surface area contributed by atoms with Crippen molar-refractivity contribution in [1.82, 2.24) is 0 Å². The molecule has 2 nitrogen and oxygen atoms in total. The fourth-order valence-corrected chi connectivity index (χ4v) is 3.91. The van der Waals surface area contributed by atoms with E-state index in [4.69, 9.17) is 4.74 Å². The average Bonchev–Trinajstić information content (AvgIpc) is 2.88. The molecule has 1 aliphatic heterocycles. The molecular weight excluding hydrogens is 228 g/mol. The second kappa shape index (κ2) is 5.03. The van der Waals surface area contributed by atoms with Gasteiger partial charge in [-0.05, 0) is 42.0 Å². The minimum Gasteiger partial charge on any atom is -0.462 e. The Morgan fingerprint density at radius 2 is 2.53 bits per heavy atom. The number of carbonyl (C=O) groups excluding carboxylic acids is 1. The van der Waals surface area contributed by atoms with Gasteiger partial charge in [-0.2, -0.15) is 11.8 Å². The summed E-state index contributed by atoms with van der Waals surface area (Å²) in [4.78, 5) is 12.5. The lowest BCUT2D eigenvalue weighted by Crippen LogP contribution is -2.07. The van der Waals surface area contributed by atoms with Crippen LogP contribution in [0.3, 0.4) is 0 Å². The van der Waals surface area contributed by atoms with E-state index in [-0.39, 0.29) is 5.97 Å². The molecule has 1 saturated heterocycles. The van der Waals surface area contributed by atoms with E-state index in [0.29, 0.717) is 12.5 Å². The van der Waals surface area contributed by atoms with Crippen LogP contribution in [0.2, 0.25) is 0 Å². The summed E-state index contributed by atoms with van der Waals surface area (Å²) in [7, 11) is 0. The Bertz CT molecular complexity index is 340. The molecule has 1 aliphatic rings. The van der Waals surface area contributed by atoms with Gasteiger partial charge in [-0.15, -0.1) is 11.3 Å². The lowest BCUT2D eigenvalue weighted by molar-refractivity contribution is 0.0530. The molecule has 0 saturated carbocycles. The van der Waals surface area contributed by atoms with E-state index in [0.717, 1.165) is 10.6 Å². The molecular formula is C11H14O2S2. The van der Waals surface area contributed by atoms with Crippen LogP contribution in [-0.4, -0.2) is 24.1 Å². The summed E-state index contributed by atoms with van der Waals surface area (Å²) >= 11 is 3.47. The molecule has 4 heteroatoms. The van der Waals surface area contributed by atoms with Gasteiger partial charge in [0.2, 0.25) is 0 Å². The molecule has 1 aromatic rings. The molecule has 1 atom stereocenters. The largest absolute Gasteiger partial charge is 0.462 e. The maximum Gasteiger partial charge on any atom is 0.348 e. The van der Waals surface area contributed by atoms with E-state index in [2.05, 4.69) is 6.07 Å². The standard InChI is InChI=1S/C11H14O2S2/c1-2-13-11(12)10-9(4-6-15-10)8-3-5-14-7-8/h4,6,8H,2-3,5,7H2,1H3. The quantitative estimate of drug-likeness (QED) is 0.762. The van der Waals surface area contributed by atoms with Crippen LogP contribution in [-0.2, 0) is 4.74 Å². The number of hydrogen-bond acceptors (Lipinski definition) is 4. The lowest BCUT2D eigenvalue weighted by atomic mass is 9.99. The van der Waals surface area contributed by atoms with Crippen molar-refractivity contribution < 1.29 is 9.53 Å². The van der Waals surface area contributed by atoms with Gasteiger partial charge in [-0.1, -0.05) is 0 Å². The smallest absolute Gasteiger partial charge is 0.348 e. The molecule has 0 amide bonds. The fourth-order valence-electron chi connectivity index (χ4n) is 1.78. The Morgan fingerprint density at radius 1 is 1.67 bits per heavy atom. The van der Waals surface area contributed by atoms with Crippen LogP contribution in [0.4, 0.5) is 0 Å². The summed E-state index contributed by atoms with van der Waals surface area (Å²) in [5, 5.41) is 1.99. The van der Waals surface area contributed by atoms with E-state index in [1.54, 1.807) is 0 Å². The summed E-state index contributed by atoms with van der Waals surface area (Å²) < 4.78 is 5.05. The second-order valence-electron chi connectivity index (χ2n) is 3.49. The summed E-state index contributed by atoms with van der Waals surface area (Å²) in [6.45, 7) is 2.30. The Hall–Kier alpha value is -0.480. The molecule has 0 bridgehead atoms. The van der Waals surface area contributed by atoms with Gasteiger partial charge in [0.1, 0.15) is 4.88 Å². The van der Waals surface area contributed by atoms with E-state index in [1.807, 2.05) is 24.1 Å². The Morgan fingerprint density at radius 3 is 3.20 bits per heavy atom. The van der Waals surface area contributed by atoms with E-state index >= 15 is 0 Å². The van der Waals surface area contributed by atoms with Crippen molar-refractivity contribution in [3.05, 3.63) is 21.9 Å². The molecule has 0 radical (unpaired) electrons. The van der Waals surface area contributed by atoms with Gasteiger partial charge in [0.15, 0.2) is 0 Å². The van der Waals surface area contributed by atoms with Crippen molar-refractivity contribution in [1.29, 1.82) is 0 Å². The monoisotopic (exact) mass is 242 g/mol. The van der Waals surface area contributed by atoms with Crippen LogP contribution in [0.15, 0.2) is 11.4 Å². The number of ether oxygens (including phenoxy) is 1. The van der Waals surface area contributed by atoms with Gasteiger partial charge in [0, 0.05) is 5.75 Å². The van der Waals surface area contributed by atoms with Gasteiger partial charge in [0.05, 0.1) is 6.61 Å². The zero-order valence-electron chi connectivity index (χ0n) is 8.69. The fraction of sp³-hybridized carbons (Fsp3) is 0.545. The number of thioether (sulfide) groups is 1. The minimum absolute atomic E-state index is 0.153. The highest BCUT2D eigenvalue weighted by Crippen LogP contribution is 2.36. The van der Waals surface area contributed by atoms with Crippen LogP contribution in [0, 0.1) is 0 Å². The zero-order valence-corrected chi connectivity index (χ0v) is 10.3. The highest BCUT2D eigenvalue weighted by Gasteiger charge is 2.24. The Kier molecular flexibility index (Phi) is 3.70. The topological polar surface area (TPSA) is 26.3 Å². The molecule has 0 aliphatic carbocycles. The SMILES string of the molecule is CCOC(=O)c1sccc1C1CCSC1. The van der Waals surface area contributed by atoms with Crippen molar-refractivity contribution in [3.8, 4) is 0 Å². The van der Waals surface area contributed by atoms with Gasteiger partial charge in [-0.3, -0.25) is 0 Å². The van der Waals surface area contributed by atoms with Gasteiger partial charge in [0.25, 0.3) is 0 Å².